The number of rotatable bonds is 0. The Labute approximate surface area is 71.3 Å². The van der Waals surface area contributed by atoms with Gasteiger partial charge in [0.05, 0.1) is 5.52 Å². The highest BCUT2D eigenvalue weighted by Crippen LogP contribution is 2.17. The number of benzene rings is 1. The Morgan fingerprint density at radius 2 is 2.00 bits per heavy atom. The molecule has 1 aromatic heterocycles. The van der Waals surface area contributed by atoms with E-state index >= 15 is 0 Å². The van der Waals surface area contributed by atoms with Crippen molar-refractivity contribution in [2.24, 2.45) is 0 Å². The van der Waals surface area contributed by atoms with E-state index in [-0.39, 0.29) is 0 Å². The maximum atomic E-state index is 4.07. The van der Waals surface area contributed by atoms with Crippen LogP contribution in [0.3, 0.4) is 0 Å². The van der Waals surface area contributed by atoms with Crippen molar-refractivity contribution in [1.82, 2.24) is 9.97 Å². The average Bonchev–Trinajstić information content (AvgIpc) is 2.04. The SMILES string of the molecule is Cc1cccc2n[c]nc(C)c12. The lowest BCUT2D eigenvalue weighted by Crippen LogP contribution is -1.89. The summed E-state index contributed by atoms with van der Waals surface area (Å²) in [6, 6.07) is 6.05. The predicted octanol–water partition coefficient (Wildman–Crippen LogP) is 2.05. The molecule has 12 heavy (non-hydrogen) atoms. The lowest BCUT2D eigenvalue weighted by molar-refractivity contribution is 1.13. The number of aromatic nitrogens is 2. The fourth-order valence-electron chi connectivity index (χ4n) is 1.43. The minimum absolute atomic E-state index is 0.975. The van der Waals surface area contributed by atoms with E-state index in [1.54, 1.807) is 0 Å². The molecule has 0 N–H and O–H groups in total. The van der Waals surface area contributed by atoms with E-state index in [9.17, 15) is 0 Å². The van der Waals surface area contributed by atoms with Crippen LogP contribution in [0.4, 0.5) is 0 Å². The van der Waals surface area contributed by atoms with Crippen LogP contribution < -0.4 is 0 Å². The van der Waals surface area contributed by atoms with Crippen LogP contribution in [0.15, 0.2) is 18.2 Å². The van der Waals surface area contributed by atoms with Gasteiger partial charge in [0, 0.05) is 11.1 Å². The van der Waals surface area contributed by atoms with Gasteiger partial charge in [0.25, 0.3) is 0 Å². The molecule has 0 atom stereocenters. The van der Waals surface area contributed by atoms with Crippen molar-refractivity contribution in [1.29, 1.82) is 0 Å². The molecule has 0 aliphatic heterocycles. The highest BCUT2D eigenvalue weighted by Gasteiger charge is 2.00. The maximum Gasteiger partial charge on any atom is 0.198 e. The molecule has 2 nitrogen and oxygen atoms in total. The maximum absolute atomic E-state index is 4.07. The molecule has 0 unspecified atom stereocenters. The predicted molar refractivity (Wildman–Crippen MR) is 47.8 cm³/mol. The Kier molecular flexibility index (Phi) is 1.54. The molecule has 0 aliphatic rings. The quantitative estimate of drug-likeness (QED) is 0.585. The summed E-state index contributed by atoms with van der Waals surface area (Å²) in [6.07, 6.45) is 2.63. The van der Waals surface area contributed by atoms with Gasteiger partial charge in [0.15, 0.2) is 6.33 Å². The van der Waals surface area contributed by atoms with Gasteiger partial charge in [0.1, 0.15) is 0 Å². The average molecular weight is 157 g/mol. The van der Waals surface area contributed by atoms with Crippen molar-refractivity contribution in [3.63, 3.8) is 0 Å². The zero-order valence-corrected chi connectivity index (χ0v) is 7.13. The monoisotopic (exact) mass is 157 g/mol. The summed E-state index contributed by atoms with van der Waals surface area (Å²) >= 11 is 0. The number of hydrogen-bond donors (Lipinski definition) is 0. The molecule has 2 aromatic rings. The van der Waals surface area contributed by atoms with Gasteiger partial charge >= 0.3 is 0 Å². The third-order valence-electron chi connectivity index (χ3n) is 2.00. The summed E-state index contributed by atoms with van der Waals surface area (Å²) in [7, 11) is 0. The van der Waals surface area contributed by atoms with Crippen LogP contribution in [-0.4, -0.2) is 9.97 Å². The third-order valence-corrected chi connectivity index (χ3v) is 2.00. The van der Waals surface area contributed by atoms with E-state index in [1.165, 1.54) is 5.56 Å². The Morgan fingerprint density at radius 3 is 2.75 bits per heavy atom. The molecule has 0 spiro atoms. The summed E-state index contributed by atoms with van der Waals surface area (Å²) in [5.41, 5.74) is 3.19. The molecule has 59 valence electrons. The second kappa shape index (κ2) is 2.55. The van der Waals surface area contributed by atoms with Crippen LogP contribution in [0.2, 0.25) is 0 Å². The number of aryl methyl sites for hydroxylation is 2. The molecule has 0 fully saturated rings. The molecule has 1 radical (unpaired) electrons. The number of fused-ring (bicyclic) bond motifs is 1. The number of nitrogens with zero attached hydrogens (tertiary/aromatic N) is 2. The van der Waals surface area contributed by atoms with Crippen molar-refractivity contribution in [2.45, 2.75) is 13.8 Å². The van der Waals surface area contributed by atoms with Gasteiger partial charge in [-0.25, -0.2) is 9.97 Å². The molecular formula is C10H9N2. The zero-order chi connectivity index (χ0) is 8.55. The van der Waals surface area contributed by atoms with Crippen molar-refractivity contribution < 1.29 is 0 Å². The molecular weight excluding hydrogens is 148 g/mol. The normalized spacial score (nSPS) is 10.5. The topological polar surface area (TPSA) is 25.8 Å². The Morgan fingerprint density at radius 1 is 1.17 bits per heavy atom. The summed E-state index contributed by atoms with van der Waals surface area (Å²) in [5, 5.41) is 1.15. The standard InChI is InChI=1S/C10H9N2/c1-7-4-3-5-9-10(7)8(2)11-6-12-9/h3-5H,1-2H3. The largest absolute Gasteiger partial charge is 0.230 e. The second-order valence-corrected chi connectivity index (χ2v) is 2.88. The van der Waals surface area contributed by atoms with E-state index in [0.717, 1.165) is 16.6 Å². The van der Waals surface area contributed by atoms with Crippen LogP contribution in [0.25, 0.3) is 10.9 Å². The molecule has 1 heterocycles. The van der Waals surface area contributed by atoms with Crippen LogP contribution in [0, 0.1) is 20.2 Å². The molecule has 0 amide bonds. The fraction of sp³-hybridized carbons (Fsp3) is 0.200. The minimum atomic E-state index is 0.975. The van der Waals surface area contributed by atoms with Gasteiger partial charge in [0.2, 0.25) is 0 Å². The first kappa shape index (κ1) is 7.22. The Bertz CT molecular complexity index is 384. The lowest BCUT2D eigenvalue weighted by atomic mass is 10.1. The Hall–Kier alpha value is -1.44. The van der Waals surface area contributed by atoms with Gasteiger partial charge in [-0.3, -0.25) is 0 Å². The highest BCUT2D eigenvalue weighted by molar-refractivity contribution is 5.83. The van der Waals surface area contributed by atoms with Gasteiger partial charge in [-0.15, -0.1) is 0 Å². The van der Waals surface area contributed by atoms with E-state index in [1.807, 2.05) is 19.1 Å². The van der Waals surface area contributed by atoms with Crippen molar-refractivity contribution in [3.8, 4) is 0 Å². The minimum Gasteiger partial charge on any atom is -0.230 e. The zero-order valence-electron chi connectivity index (χ0n) is 7.13. The van der Waals surface area contributed by atoms with Crippen LogP contribution in [0.5, 0.6) is 0 Å². The lowest BCUT2D eigenvalue weighted by Gasteiger charge is -2.01. The first-order valence-electron chi connectivity index (χ1n) is 3.89. The first-order valence-corrected chi connectivity index (χ1v) is 3.89. The highest BCUT2D eigenvalue weighted by atomic mass is 14.8. The molecule has 0 bridgehead atoms. The van der Waals surface area contributed by atoms with Crippen LogP contribution in [0.1, 0.15) is 11.3 Å². The van der Waals surface area contributed by atoms with Crippen LogP contribution >= 0.6 is 0 Å². The molecule has 0 aliphatic carbocycles. The number of hydrogen-bond acceptors (Lipinski definition) is 2. The van der Waals surface area contributed by atoms with Crippen molar-refractivity contribution in [3.05, 3.63) is 35.8 Å². The molecule has 2 rings (SSSR count). The van der Waals surface area contributed by atoms with Gasteiger partial charge in [-0.2, -0.15) is 0 Å². The summed E-state index contributed by atoms with van der Waals surface area (Å²) in [5.74, 6) is 0. The molecule has 0 saturated heterocycles. The van der Waals surface area contributed by atoms with Gasteiger partial charge in [-0.1, -0.05) is 12.1 Å². The van der Waals surface area contributed by atoms with Crippen LogP contribution in [-0.2, 0) is 0 Å². The van der Waals surface area contributed by atoms with Gasteiger partial charge < -0.3 is 0 Å². The first-order chi connectivity index (χ1) is 5.79. The smallest absolute Gasteiger partial charge is 0.198 e. The van der Waals surface area contributed by atoms with E-state index < -0.39 is 0 Å². The Balaban J connectivity index is 2.96. The molecule has 1 aromatic carbocycles. The van der Waals surface area contributed by atoms with Gasteiger partial charge in [-0.05, 0) is 25.5 Å². The van der Waals surface area contributed by atoms with Crippen molar-refractivity contribution in [2.75, 3.05) is 0 Å². The fourth-order valence-corrected chi connectivity index (χ4v) is 1.43. The molecule has 2 heteroatoms. The third kappa shape index (κ3) is 0.961. The summed E-state index contributed by atoms with van der Waals surface area (Å²) in [4.78, 5) is 8.10. The summed E-state index contributed by atoms with van der Waals surface area (Å²) < 4.78 is 0. The second-order valence-electron chi connectivity index (χ2n) is 2.88. The van der Waals surface area contributed by atoms with E-state index in [4.69, 9.17) is 0 Å². The van der Waals surface area contributed by atoms with E-state index in [2.05, 4.69) is 29.3 Å². The summed E-state index contributed by atoms with van der Waals surface area (Å²) in [6.45, 7) is 4.05. The van der Waals surface area contributed by atoms with E-state index in [0.29, 0.717) is 0 Å². The molecule has 0 saturated carbocycles. The van der Waals surface area contributed by atoms with Crippen molar-refractivity contribution >= 4 is 10.9 Å².